The van der Waals surface area contributed by atoms with E-state index in [0.717, 1.165) is 11.8 Å². The fourth-order valence-corrected chi connectivity index (χ4v) is 2.11. The van der Waals surface area contributed by atoms with Gasteiger partial charge in [0, 0.05) is 24.4 Å². The molecule has 0 saturated carbocycles. The van der Waals surface area contributed by atoms with Crippen LogP contribution in [0.25, 0.3) is 0 Å². The molecule has 0 atom stereocenters. The zero-order valence-electron chi connectivity index (χ0n) is 9.41. The summed E-state index contributed by atoms with van der Waals surface area (Å²) in [5.41, 5.74) is 1.50. The van der Waals surface area contributed by atoms with Gasteiger partial charge in [0.25, 0.3) is 0 Å². The van der Waals surface area contributed by atoms with Crippen LogP contribution in [0.15, 0.2) is 17.0 Å². The first-order chi connectivity index (χ1) is 8.95. The molecule has 2 rings (SSSR count). The molecule has 19 heavy (non-hydrogen) atoms. The minimum Gasteiger partial charge on any atom is -0.370 e. The second-order valence-corrected chi connectivity index (χ2v) is 4.62. The summed E-state index contributed by atoms with van der Waals surface area (Å²) in [6.07, 6.45) is -3.95. The molecule has 0 amide bonds. The van der Waals surface area contributed by atoms with Crippen molar-refractivity contribution in [1.82, 2.24) is 15.0 Å². The normalized spacial score (nSPS) is 11.6. The van der Waals surface area contributed by atoms with Crippen LogP contribution in [-0.2, 0) is 12.6 Å². The molecule has 0 bridgehead atoms. The molecule has 0 fully saturated rings. The van der Waals surface area contributed by atoms with Gasteiger partial charge in [0.15, 0.2) is 5.69 Å². The van der Waals surface area contributed by atoms with Crippen molar-refractivity contribution >= 4 is 28.8 Å². The fraction of sp³-hybridized carbons (Fsp3) is 0.300. The molecule has 1 N–H and O–H groups in total. The molecule has 0 unspecified atom stereocenters. The third-order valence-electron chi connectivity index (χ3n) is 2.16. The van der Waals surface area contributed by atoms with E-state index in [-0.39, 0.29) is 5.82 Å². The van der Waals surface area contributed by atoms with Crippen molar-refractivity contribution in [3.63, 3.8) is 0 Å². The van der Waals surface area contributed by atoms with Crippen LogP contribution >= 0.6 is 22.9 Å². The molecule has 9 heteroatoms. The van der Waals surface area contributed by atoms with E-state index < -0.39 is 17.2 Å². The monoisotopic (exact) mass is 308 g/mol. The first kappa shape index (κ1) is 14.0. The summed E-state index contributed by atoms with van der Waals surface area (Å²) in [7, 11) is 0. The lowest BCUT2D eigenvalue weighted by atomic mass is 10.3. The summed E-state index contributed by atoms with van der Waals surface area (Å²) in [6, 6.07) is 0.826. The number of hydrogen-bond donors (Lipinski definition) is 1. The van der Waals surface area contributed by atoms with Gasteiger partial charge in [-0.2, -0.15) is 13.2 Å². The topological polar surface area (TPSA) is 50.7 Å². The average molecular weight is 309 g/mol. The smallest absolute Gasteiger partial charge is 0.370 e. The molecule has 0 aliphatic heterocycles. The Morgan fingerprint density at radius 1 is 1.32 bits per heavy atom. The van der Waals surface area contributed by atoms with Gasteiger partial charge in [-0.1, -0.05) is 0 Å². The van der Waals surface area contributed by atoms with E-state index in [1.807, 2.05) is 5.38 Å². The van der Waals surface area contributed by atoms with E-state index in [9.17, 15) is 13.2 Å². The van der Waals surface area contributed by atoms with Crippen molar-refractivity contribution < 1.29 is 13.2 Å². The predicted molar refractivity (Wildman–Crippen MR) is 66.4 cm³/mol. The van der Waals surface area contributed by atoms with Gasteiger partial charge in [0.05, 0.1) is 11.2 Å². The molecular weight excluding hydrogens is 301 g/mol. The van der Waals surface area contributed by atoms with Crippen LogP contribution in [0, 0.1) is 0 Å². The maximum atomic E-state index is 12.5. The highest BCUT2D eigenvalue weighted by molar-refractivity contribution is 7.07. The largest absolute Gasteiger partial charge is 0.433 e. The average Bonchev–Trinajstić information content (AvgIpc) is 2.80. The zero-order valence-corrected chi connectivity index (χ0v) is 11.0. The minimum absolute atomic E-state index is 0.0440. The number of aromatic nitrogens is 3. The molecule has 0 spiro atoms. The summed E-state index contributed by atoms with van der Waals surface area (Å²) < 4.78 is 37.5. The van der Waals surface area contributed by atoms with Gasteiger partial charge in [-0.15, -0.1) is 11.3 Å². The van der Waals surface area contributed by atoms with Crippen LogP contribution in [0.1, 0.15) is 11.4 Å². The van der Waals surface area contributed by atoms with Crippen LogP contribution in [0.3, 0.4) is 0 Å². The highest BCUT2D eigenvalue weighted by atomic mass is 35.5. The standard InChI is InChI=1S/C10H8ClF3N4S/c11-9-17-7(10(12,13)14)3-8(18-9)15-2-1-6-4-19-5-16-6/h3-5H,1-2H2,(H,15,17,18). The van der Waals surface area contributed by atoms with Gasteiger partial charge >= 0.3 is 6.18 Å². The van der Waals surface area contributed by atoms with Crippen LogP contribution in [-0.4, -0.2) is 21.5 Å². The first-order valence-electron chi connectivity index (χ1n) is 5.18. The van der Waals surface area contributed by atoms with Crippen molar-refractivity contribution in [3.05, 3.63) is 33.6 Å². The second-order valence-electron chi connectivity index (χ2n) is 3.56. The second kappa shape index (κ2) is 5.70. The zero-order chi connectivity index (χ0) is 13.9. The van der Waals surface area contributed by atoms with E-state index >= 15 is 0 Å². The minimum atomic E-state index is -4.54. The van der Waals surface area contributed by atoms with Crippen molar-refractivity contribution in [1.29, 1.82) is 0 Å². The van der Waals surface area contributed by atoms with Gasteiger partial charge in [-0.05, 0) is 11.6 Å². The number of thiazole rings is 1. The van der Waals surface area contributed by atoms with Gasteiger partial charge in [0.1, 0.15) is 5.82 Å². The number of anilines is 1. The molecule has 0 aromatic carbocycles. The van der Waals surface area contributed by atoms with Crippen LogP contribution in [0.5, 0.6) is 0 Å². The Labute approximate surface area is 115 Å². The van der Waals surface area contributed by atoms with E-state index in [0.29, 0.717) is 13.0 Å². The van der Waals surface area contributed by atoms with Gasteiger partial charge in [-0.25, -0.2) is 15.0 Å². The molecule has 0 saturated heterocycles. The van der Waals surface area contributed by atoms with E-state index in [2.05, 4.69) is 20.3 Å². The maximum absolute atomic E-state index is 12.5. The van der Waals surface area contributed by atoms with Gasteiger partial charge < -0.3 is 5.32 Å². The van der Waals surface area contributed by atoms with Crippen LogP contribution < -0.4 is 5.32 Å². The Morgan fingerprint density at radius 3 is 2.74 bits per heavy atom. The predicted octanol–water partition coefficient (Wildman–Crippen LogP) is 3.26. The van der Waals surface area contributed by atoms with E-state index in [1.165, 1.54) is 11.3 Å². The summed E-state index contributed by atoms with van der Waals surface area (Å²) in [4.78, 5) is 10.9. The lowest BCUT2D eigenvalue weighted by Gasteiger charge is -2.09. The van der Waals surface area contributed by atoms with E-state index in [1.54, 1.807) is 5.51 Å². The summed E-state index contributed by atoms with van der Waals surface area (Å²) in [6.45, 7) is 0.411. The van der Waals surface area contributed by atoms with Crippen molar-refractivity contribution in [2.24, 2.45) is 0 Å². The maximum Gasteiger partial charge on any atom is 0.433 e. The lowest BCUT2D eigenvalue weighted by Crippen LogP contribution is -2.12. The number of alkyl halides is 3. The number of hydrogen-bond acceptors (Lipinski definition) is 5. The lowest BCUT2D eigenvalue weighted by molar-refractivity contribution is -0.141. The quantitative estimate of drug-likeness (QED) is 0.881. The third kappa shape index (κ3) is 4.03. The third-order valence-corrected chi connectivity index (χ3v) is 2.96. The Bertz CT molecular complexity index is 544. The summed E-state index contributed by atoms with van der Waals surface area (Å²) in [5, 5.41) is 4.20. The van der Waals surface area contributed by atoms with Gasteiger partial charge in [0.2, 0.25) is 5.28 Å². The Hall–Kier alpha value is -1.41. The molecule has 0 aliphatic carbocycles. The molecule has 2 aromatic rings. The Balaban J connectivity index is 2.02. The summed E-state index contributed by atoms with van der Waals surface area (Å²) >= 11 is 6.92. The Morgan fingerprint density at radius 2 is 2.11 bits per heavy atom. The number of nitrogens with zero attached hydrogens (tertiary/aromatic N) is 3. The van der Waals surface area contributed by atoms with E-state index in [4.69, 9.17) is 11.6 Å². The van der Waals surface area contributed by atoms with Crippen molar-refractivity contribution in [2.45, 2.75) is 12.6 Å². The SMILES string of the molecule is FC(F)(F)c1cc(NCCc2cscn2)nc(Cl)n1. The number of halogens is 4. The number of rotatable bonds is 4. The van der Waals surface area contributed by atoms with Gasteiger partial charge in [-0.3, -0.25) is 0 Å². The Kier molecular flexibility index (Phi) is 4.20. The molecule has 0 radical (unpaired) electrons. The molecule has 4 nitrogen and oxygen atoms in total. The molecule has 102 valence electrons. The van der Waals surface area contributed by atoms with Crippen LogP contribution in [0.4, 0.5) is 19.0 Å². The molecule has 0 aliphatic rings. The van der Waals surface area contributed by atoms with Crippen molar-refractivity contribution in [2.75, 3.05) is 11.9 Å². The highest BCUT2D eigenvalue weighted by Gasteiger charge is 2.33. The van der Waals surface area contributed by atoms with Crippen LogP contribution in [0.2, 0.25) is 5.28 Å². The fourth-order valence-electron chi connectivity index (χ4n) is 1.33. The summed E-state index contributed by atoms with van der Waals surface area (Å²) in [5.74, 6) is 0.0440. The molecule has 2 heterocycles. The molecule has 2 aromatic heterocycles. The first-order valence-corrected chi connectivity index (χ1v) is 6.50. The van der Waals surface area contributed by atoms with Crippen molar-refractivity contribution in [3.8, 4) is 0 Å². The molecular formula is C10H8ClF3N4S. The highest BCUT2D eigenvalue weighted by Crippen LogP contribution is 2.29. The number of nitrogens with one attached hydrogen (secondary N) is 1.